The number of hydrogen-bond donors (Lipinski definition) is 1. The molecule has 6 heteroatoms. The maximum Gasteiger partial charge on any atom is 0.229 e. The average molecular weight is 407 g/mol. The van der Waals surface area contributed by atoms with E-state index in [4.69, 9.17) is 16.3 Å². The lowest BCUT2D eigenvalue weighted by molar-refractivity contribution is -0.122. The molecule has 1 N–H and O–H groups in total. The zero-order valence-corrected chi connectivity index (χ0v) is 16.3. The van der Waals surface area contributed by atoms with E-state index in [9.17, 15) is 9.59 Å². The van der Waals surface area contributed by atoms with Crippen LogP contribution in [0.15, 0.2) is 78.9 Å². The normalized spacial score (nSPS) is 16.0. The summed E-state index contributed by atoms with van der Waals surface area (Å²) in [6.07, 6.45) is 0.159. The smallest absolute Gasteiger partial charge is 0.229 e. The Morgan fingerprint density at radius 1 is 0.931 bits per heavy atom. The van der Waals surface area contributed by atoms with E-state index in [1.165, 1.54) is 0 Å². The van der Waals surface area contributed by atoms with Crippen LogP contribution in [0.2, 0.25) is 5.02 Å². The van der Waals surface area contributed by atoms with Crippen molar-refractivity contribution in [3.8, 4) is 11.5 Å². The first-order chi connectivity index (χ1) is 14.1. The molecule has 29 heavy (non-hydrogen) atoms. The molecule has 3 aromatic rings. The van der Waals surface area contributed by atoms with Gasteiger partial charge in [-0.2, -0.15) is 0 Å². The van der Waals surface area contributed by atoms with Crippen LogP contribution in [0.3, 0.4) is 0 Å². The highest BCUT2D eigenvalue weighted by molar-refractivity contribution is 6.33. The van der Waals surface area contributed by atoms with Gasteiger partial charge in [-0.05, 0) is 48.5 Å². The fourth-order valence-corrected chi connectivity index (χ4v) is 3.50. The summed E-state index contributed by atoms with van der Waals surface area (Å²) >= 11 is 6.19. The van der Waals surface area contributed by atoms with Crippen molar-refractivity contribution in [3.05, 3.63) is 83.9 Å². The van der Waals surface area contributed by atoms with E-state index < -0.39 is 5.92 Å². The SMILES string of the molecule is O=C(Nc1ccc(Oc2ccccc2)cc1)[C@@H]1CC(=O)N(c2ccccc2Cl)C1. The molecule has 3 aromatic carbocycles. The minimum Gasteiger partial charge on any atom is -0.457 e. The quantitative estimate of drug-likeness (QED) is 0.639. The highest BCUT2D eigenvalue weighted by Crippen LogP contribution is 2.31. The third-order valence-corrected chi connectivity index (χ3v) is 5.06. The number of ether oxygens (including phenoxy) is 1. The first-order valence-electron chi connectivity index (χ1n) is 9.29. The zero-order chi connectivity index (χ0) is 20.2. The van der Waals surface area contributed by atoms with Crippen molar-refractivity contribution in [2.24, 2.45) is 5.92 Å². The van der Waals surface area contributed by atoms with Gasteiger partial charge >= 0.3 is 0 Å². The molecule has 1 saturated heterocycles. The maximum absolute atomic E-state index is 12.6. The lowest BCUT2D eigenvalue weighted by Gasteiger charge is -2.18. The number of halogens is 1. The molecule has 0 aliphatic carbocycles. The highest BCUT2D eigenvalue weighted by atomic mass is 35.5. The Balaban J connectivity index is 1.38. The van der Waals surface area contributed by atoms with Gasteiger partial charge in [-0.15, -0.1) is 0 Å². The van der Waals surface area contributed by atoms with Crippen molar-refractivity contribution in [1.82, 2.24) is 0 Å². The molecule has 5 nitrogen and oxygen atoms in total. The lowest BCUT2D eigenvalue weighted by atomic mass is 10.1. The molecule has 0 radical (unpaired) electrons. The van der Waals surface area contributed by atoms with E-state index in [0.29, 0.717) is 28.7 Å². The second kappa shape index (κ2) is 8.37. The topological polar surface area (TPSA) is 58.6 Å². The predicted molar refractivity (Wildman–Crippen MR) is 113 cm³/mol. The highest BCUT2D eigenvalue weighted by Gasteiger charge is 2.35. The van der Waals surface area contributed by atoms with Crippen LogP contribution in [0, 0.1) is 5.92 Å². The summed E-state index contributed by atoms with van der Waals surface area (Å²) in [5.41, 5.74) is 1.29. The minimum absolute atomic E-state index is 0.107. The summed E-state index contributed by atoms with van der Waals surface area (Å²) in [4.78, 5) is 26.6. The summed E-state index contributed by atoms with van der Waals surface area (Å²) in [7, 11) is 0. The fourth-order valence-electron chi connectivity index (χ4n) is 3.26. The van der Waals surface area contributed by atoms with Crippen LogP contribution in [0.5, 0.6) is 11.5 Å². The standard InChI is InChI=1S/C23H19ClN2O3/c24-20-8-4-5-9-21(20)26-15-16(14-22(26)27)23(28)25-17-10-12-19(13-11-17)29-18-6-2-1-3-7-18/h1-13,16H,14-15H2,(H,25,28)/t16-/m1/s1. The lowest BCUT2D eigenvalue weighted by Crippen LogP contribution is -2.28. The molecular formula is C23H19ClN2O3. The van der Waals surface area contributed by atoms with E-state index in [1.54, 1.807) is 41.3 Å². The molecule has 1 atom stereocenters. The van der Waals surface area contributed by atoms with E-state index in [-0.39, 0.29) is 18.2 Å². The van der Waals surface area contributed by atoms with Crippen LogP contribution in [0.1, 0.15) is 6.42 Å². The Bertz CT molecular complexity index is 1020. The molecule has 2 amide bonds. The number of para-hydroxylation sites is 2. The van der Waals surface area contributed by atoms with Crippen molar-refractivity contribution >= 4 is 34.8 Å². The van der Waals surface area contributed by atoms with Crippen molar-refractivity contribution < 1.29 is 14.3 Å². The largest absolute Gasteiger partial charge is 0.457 e. The van der Waals surface area contributed by atoms with Crippen LogP contribution in [0.4, 0.5) is 11.4 Å². The molecule has 4 rings (SSSR count). The van der Waals surface area contributed by atoms with Crippen LogP contribution < -0.4 is 15.0 Å². The Morgan fingerprint density at radius 2 is 1.59 bits per heavy atom. The van der Waals surface area contributed by atoms with Gasteiger partial charge in [-0.1, -0.05) is 41.9 Å². The van der Waals surface area contributed by atoms with Gasteiger partial charge in [0.15, 0.2) is 0 Å². The summed E-state index contributed by atoms with van der Waals surface area (Å²) in [5, 5.41) is 3.37. The average Bonchev–Trinajstić information content (AvgIpc) is 3.12. The monoisotopic (exact) mass is 406 g/mol. The molecule has 0 spiro atoms. The first kappa shape index (κ1) is 19.0. The van der Waals surface area contributed by atoms with E-state index >= 15 is 0 Å². The van der Waals surface area contributed by atoms with E-state index in [2.05, 4.69) is 5.32 Å². The van der Waals surface area contributed by atoms with Gasteiger partial charge in [0, 0.05) is 18.7 Å². The van der Waals surface area contributed by atoms with Gasteiger partial charge in [0.1, 0.15) is 11.5 Å². The van der Waals surface area contributed by atoms with Gasteiger partial charge < -0.3 is 15.0 Å². The Labute approximate surface area is 173 Å². The molecular weight excluding hydrogens is 388 g/mol. The molecule has 0 saturated carbocycles. The molecule has 1 heterocycles. The molecule has 0 aromatic heterocycles. The molecule has 1 fully saturated rings. The number of carbonyl (C=O) groups is 2. The third kappa shape index (κ3) is 4.41. The van der Waals surface area contributed by atoms with Gasteiger partial charge in [0.25, 0.3) is 0 Å². The van der Waals surface area contributed by atoms with Crippen LogP contribution >= 0.6 is 11.6 Å². The number of anilines is 2. The van der Waals surface area contributed by atoms with Crippen LogP contribution in [-0.4, -0.2) is 18.4 Å². The molecule has 0 bridgehead atoms. The number of benzene rings is 3. The number of hydrogen-bond acceptors (Lipinski definition) is 3. The van der Waals surface area contributed by atoms with Gasteiger partial charge in [-0.3, -0.25) is 9.59 Å². The predicted octanol–water partition coefficient (Wildman–Crippen LogP) is 5.12. The molecule has 0 unspecified atom stereocenters. The third-order valence-electron chi connectivity index (χ3n) is 4.74. The maximum atomic E-state index is 12.6. The van der Waals surface area contributed by atoms with E-state index in [0.717, 1.165) is 5.75 Å². The number of amides is 2. The molecule has 1 aliphatic heterocycles. The van der Waals surface area contributed by atoms with Crippen molar-refractivity contribution in [1.29, 1.82) is 0 Å². The van der Waals surface area contributed by atoms with Gasteiger partial charge in [0.05, 0.1) is 16.6 Å². The van der Waals surface area contributed by atoms with Crippen LogP contribution in [-0.2, 0) is 9.59 Å². The number of nitrogens with zero attached hydrogens (tertiary/aromatic N) is 1. The summed E-state index contributed by atoms with van der Waals surface area (Å²) in [6, 6.07) is 23.7. The molecule has 1 aliphatic rings. The van der Waals surface area contributed by atoms with Crippen LogP contribution in [0.25, 0.3) is 0 Å². The summed E-state index contributed by atoms with van der Waals surface area (Å²) < 4.78 is 5.75. The first-order valence-corrected chi connectivity index (χ1v) is 9.67. The minimum atomic E-state index is -0.431. The van der Waals surface area contributed by atoms with Crippen molar-refractivity contribution in [3.63, 3.8) is 0 Å². The second-order valence-corrected chi connectivity index (χ2v) is 7.19. The number of carbonyl (C=O) groups excluding carboxylic acids is 2. The summed E-state index contributed by atoms with van der Waals surface area (Å²) in [5.74, 6) is 0.692. The van der Waals surface area contributed by atoms with E-state index in [1.807, 2.05) is 42.5 Å². The zero-order valence-electron chi connectivity index (χ0n) is 15.5. The fraction of sp³-hybridized carbons (Fsp3) is 0.130. The molecule has 146 valence electrons. The van der Waals surface area contributed by atoms with Gasteiger partial charge in [-0.25, -0.2) is 0 Å². The Kier molecular flexibility index (Phi) is 5.49. The van der Waals surface area contributed by atoms with Gasteiger partial charge in [0.2, 0.25) is 11.8 Å². The Hall–Kier alpha value is -3.31. The Morgan fingerprint density at radius 3 is 2.31 bits per heavy atom. The van der Waals surface area contributed by atoms with Crippen molar-refractivity contribution in [2.45, 2.75) is 6.42 Å². The number of rotatable bonds is 5. The number of nitrogens with one attached hydrogen (secondary N) is 1. The summed E-state index contributed by atoms with van der Waals surface area (Å²) in [6.45, 7) is 0.309. The second-order valence-electron chi connectivity index (χ2n) is 6.79. The van der Waals surface area contributed by atoms with Crippen molar-refractivity contribution in [2.75, 3.05) is 16.8 Å².